The Morgan fingerprint density at radius 1 is 1.26 bits per heavy atom. The van der Waals surface area contributed by atoms with E-state index in [-0.39, 0.29) is 22.6 Å². The second kappa shape index (κ2) is 8.29. The largest absolute Gasteiger partial charge is 0.494 e. The van der Waals surface area contributed by atoms with Gasteiger partial charge in [-0.3, -0.25) is 4.79 Å². The molecule has 7 nitrogen and oxygen atoms in total. The van der Waals surface area contributed by atoms with Crippen LogP contribution in [-0.4, -0.2) is 44.5 Å². The van der Waals surface area contributed by atoms with Gasteiger partial charge in [0.15, 0.2) is 0 Å². The van der Waals surface area contributed by atoms with Crippen LogP contribution in [0.4, 0.5) is 0 Å². The molecule has 0 fully saturated rings. The number of amides is 1. The molecule has 0 bridgehead atoms. The number of thioether (sulfide) groups is 1. The number of aryl methyl sites for hydroxylation is 1. The molecular weight excluding hydrogens is 362 g/mol. The van der Waals surface area contributed by atoms with Crippen molar-refractivity contribution in [3.05, 3.63) is 23.8 Å². The molecule has 0 atom stereocenters. The number of rotatable bonds is 7. The van der Waals surface area contributed by atoms with E-state index in [9.17, 15) is 4.79 Å². The zero-order valence-corrected chi connectivity index (χ0v) is 18.0. The van der Waals surface area contributed by atoms with Crippen LogP contribution >= 0.6 is 11.8 Å². The van der Waals surface area contributed by atoms with Crippen LogP contribution < -0.4 is 10.1 Å². The van der Waals surface area contributed by atoms with E-state index in [1.807, 2.05) is 39.0 Å². The lowest BCUT2D eigenvalue weighted by atomic mass is 9.82. The fourth-order valence-electron chi connectivity index (χ4n) is 3.30. The third-order valence-electron chi connectivity index (χ3n) is 3.79. The second-order valence-corrected chi connectivity index (χ2v) is 9.45. The van der Waals surface area contributed by atoms with Crippen LogP contribution in [0.25, 0.3) is 5.69 Å². The Hall–Kier alpha value is -2.09. The fraction of sp³-hybridized carbons (Fsp3) is 0.579. The number of carbonyl (C=O) groups excluding carboxylic acids is 1. The number of aromatic nitrogens is 4. The molecule has 8 heteroatoms. The van der Waals surface area contributed by atoms with Crippen molar-refractivity contribution in [2.75, 3.05) is 12.9 Å². The standard InChI is InChI=1S/C19H29N5O2S/c1-13-8-9-15(26-7)14(10-13)24-17(21-22-23-24)27-11-16(25)20-19(5,6)12-18(2,3)4/h8-10H,11-12H2,1-7H3,(H,20,25). The maximum atomic E-state index is 12.4. The van der Waals surface area contributed by atoms with Crippen molar-refractivity contribution < 1.29 is 9.53 Å². The lowest BCUT2D eigenvalue weighted by molar-refractivity contribution is -0.120. The van der Waals surface area contributed by atoms with Crippen LogP contribution in [0.1, 0.15) is 46.6 Å². The average molecular weight is 392 g/mol. The first-order chi connectivity index (χ1) is 12.5. The summed E-state index contributed by atoms with van der Waals surface area (Å²) in [5.74, 6) is 0.868. The van der Waals surface area contributed by atoms with E-state index < -0.39 is 0 Å². The molecule has 2 rings (SSSR count). The molecule has 0 aliphatic carbocycles. The topological polar surface area (TPSA) is 81.9 Å². The van der Waals surface area contributed by atoms with Gasteiger partial charge in [0.2, 0.25) is 11.1 Å². The summed E-state index contributed by atoms with van der Waals surface area (Å²) in [7, 11) is 1.61. The molecule has 0 spiro atoms. The van der Waals surface area contributed by atoms with Crippen LogP contribution in [-0.2, 0) is 4.79 Å². The molecule has 0 unspecified atom stereocenters. The van der Waals surface area contributed by atoms with Crippen LogP contribution in [0.15, 0.2) is 23.4 Å². The van der Waals surface area contributed by atoms with E-state index in [1.54, 1.807) is 11.8 Å². The minimum absolute atomic E-state index is 0.0417. The molecule has 1 amide bonds. The van der Waals surface area contributed by atoms with Gasteiger partial charge in [0.05, 0.1) is 12.9 Å². The summed E-state index contributed by atoms with van der Waals surface area (Å²) < 4.78 is 7.01. The zero-order valence-electron chi connectivity index (χ0n) is 17.2. The second-order valence-electron chi connectivity index (χ2n) is 8.51. The first kappa shape index (κ1) is 21.2. The van der Waals surface area contributed by atoms with Crippen LogP contribution in [0.3, 0.4) is 0 Å². The number of nitrogens with one attached hydrogen (secondary N) is 1. The summed E-state index contributed by atoms with van der Waals surface area (Å²) in [6.07, 6.45) is 0.884. The molecule has 2 aromatic rings. The third kappa shape index (κ3) is 6.23. The Bertz CT molecular complexity index is 796. The van der Waals surface area contributed by atoms with Gasteiger partial charge in [-0.2, -0.15) is 4.68 Å². The molecule has 148 valence electrons. The number of nitrogens with zero attached hydrogens (tertiary/aromatic N) is 4. The van der Waals surface area contributed by atoms with Crippen molar-refractivity contribution in [3.8, 4) is 11.4 Å². The predicted octanol–water partition coefficient (Wildman–Crippen LogP) is 3.40. The van der Waals surface area contributed by atoms with Gasteiger partial charge in [0.1, 0.15) is 11.4 Å². The van der Waals surface area contributed by atoms with E-state index in [0.29, 0.717) is 10.9 Å². The molecule has 0 saturated heterocycles. The van der Waals surface area contributed by atoms with Crippen molar-refractivity contribution in [1.82, 2.24) is 25.5 Å². The number of ether oxygens (including phenoxy) is 1. The highest BCUT2D eigenvalue weighted by Crippen LogP contribution is 2.28. The van der Waals surface area contributed by atoms with Crippen molar-refractivity contribution in [2.24, 2.45) is 5.41 Å². The normalized spacial score (nSPS) is 12.1. The van der Waals surface area contributed by atoms with E-state index in [2.05, 4.69) is 41.6 Å². The molecule has 0 radical (unpaired) electrons. The van der Waals surface area contributed by atoms with Crippen LogP contribution in [0.2, 0.25) is 0 Å². The summed E-state index contributed by atoms with van der Waals surface area (Å²) in [6.45, 7) is 12.6. The number of benzene rings is 1. The summed E-state index contributed by atoms with van der Waals surface area (Å²) in [5.41, 5.74) is 1.68. The molecule has 27 heavy (non-hydrogen) atoms. The maximum Gasteiger partial charge on any atom is 0.230 e. The fourth-order valence-corrected chi connectivity index (χ4v) is 3.98. The van der Waals surface area contributed by atoms with Gasteiger partial charge in [0, 0.05) is 5.54 Å². The summed E-state index contributed by atoms with van der Waals surface area (Å²) in [4.78, 5) is 12.4. The summed E-state index contributed by atoms with van der Waals surface area (Å²) in [6, 6.07) is 5.79. The van der Waals surface area contributed by atoms with Crippen molar-refractivity contribution >= 4 is 17.7 Å². The smallest absolute Gasteiger partial charge is 0.230 e. The molecule has 1 aromatic carbocycles. The van der Waals surface area contributed by atoms with Crippen molar-refractivity contribution in [3.63, 3.8) is 0 Å². The van der Waals surface area contributed by atoms with Gasteiger partial charge in [0.25, 0.3) is 0 Å². The van der Waals surface area contributed by atoms with Crippen LogP contribution in [0.5, 0.6) is 5.75 Å². The highest BCUT2D eigenvalue weighted by Gasteiger charge is 2.27. The Labute approximate surface area is 165 Å². The van der Waals surface area contributed by atoms with E-state index >= 15 is 0 Å². The maximum absolute atomic E-state index is 12.4. The molecule has 1 N–H and O–H groups in total. The monoisotopic (exact) mass is 391 g/mol. The van der Waals surface area contributed by atoms with E-state index in [0.717, 1.165) is 17.7 Å². The SMILES string of the molecule is COc1ccc(C)cc1-n1nnnc1SCC(=O)NC(C)(C)CC(C)(C)C. The van der Waals surface area contributed by atoms with Crippen molar-refractivity contribution in [1.29, 1.82) is 0 Å². The molecule has 1 aromatic heterocycles. The Morgan fingerprint density at radius 2 is 1.96 bits per heavy atom. The minimum atomic E-state index is -0.276. The Balaban J connectivity index is 2.08. The van der Waals surface area contributed by atoms with Gasteiger partial charge >= 0.3 is 0 Å². The summed E-state index contributed by atoms with van der Waals surface area (Å²) in [5, 5.41) is 15.5. The van der Waals surface area contributed by atoms with Crippen molar-refractivity contribution in [2.45, 2.75) is 58.7 Å². The first-order valence-electron chi connectivity index (χ1n) is 8.88. The van der Waals surface area contributed by atoms with E-state index in [1.165, 1.54) is 11.8 Å². The number of tetrazole rings is 1. The molecule has 1 heterocycles. The van der Waals surface area contributed by atoms with Gasteiger partial charge in [-0.05, 0) is 60.7 Å². The van der Waals surface area contributed by atoms with Gasteiger partial charge < -0.3 is 10.1 Å². The molecule has 0 aliphatic rings. The first-order valence-corrected chi connectivity index (χ1v) is 9.86. The Kier molecular flexibility index (Phi) is 6.51. The van der Waals surface area contributed by atoms with Gasteiger partial charge in [-0.15, -0.1) is 5.10 Å². The minimum Gasteiger partial charge on any atom is -0.494 e. The van der Waals surface area contributed by atoms with E-state index in [4.69, 9.17) is 4.74 Å². The highest BCUT2D eigenvalue weighted by atomic mass is 32.2. The van der Waals surface area contributed by atoms with Gasteiger partial charge in [-0.25, -0.2) is 0 Å². The number of carbonyl (C=O) groups is 1. The highest BCUT2D eigenvalue weighted by molar-refractivity contribution is 7.99. The average Bonchev–Trinajstić information content (AvgIpc) is 2.98. The predicted molar refractivity (Wildman–Crippen MR) is 107 cm³/mol. The van der Waals surface area contributed by atoms with Crippen LogP contribution in [0, 0.1) is 12.3 Å². The lowest BCUT2D eigenvalue weighted by Gasteiger charge is -2.33. The molecule has 0 aliphatic heterocycles. The Morgan fingerprint density at radius 3 is 2.59 bits per heavy atom. The lowest BCUT2D eigenvalue weighted by Crippen LogP contribution is -2.46. The molecule has 0 saturated carbocycles. The molecular formula is C19H29N5O2S. The quantitative estimate of drug-likeness (QED) is 0.729. The number of hydrogen-bond acceptors (Lipinski definition) is 6. The third-order valence-corrected chi connectivity index (χ3v) is 4.71. The summed E-state index contributed by atoms with van der Waals surface area (Å²) >= 11 is 1.30. The number of hydrogen-bond donors (Lipinski definition) is 1. The van der Waals surface area contributed by atoms with Gasteiger partial charge in [-0.1, -0.05) is 38.6 Å². The number of methoxy groups -OCH3 is 1. The zero-order chi connectivity index (χ0) is 20.2.